The van der Waals surface area contributed by atoms with Crippen molar-refractivity contribution < 1.29 is 8.78 Å². The first-order chi connectivity index (χ1) is 8.88. The molecule has 0 bridgehead atoms. The SMILES string of the molecule is CC(C)c1nn(C)c(Nc2cc(F)cc(F)c2)c1N. The summed E-state index contributed by atoms with van der Waals surface area (Å²) in [6, 6.07) is 3.21. The molecule has 0 aliphatic heterocycles. The molecule has 1 aromatic carbocycles. The summed E-state index contributed by atoms with van der Waals surface area (Å²) >= 11 is 0. The number of nitrogens with zero attached hydrogens (tertiary/aromatic N) is 2. The molecule has 4 nitrogen and oxygen atoms in total. The molecule has 1 aromatic heterocycles. The van der Waals surface area contributed by atoms with Crippen LogP contribution in [0.5, 0.6) is 0 Å². The second-order valence-electron chi connectivity index (χ2n) is 4.71. The minimum Gasteiger partial charge on any atom is -0.394 e. The zero-order valence-corrected chi connectivity index (χ0v) is 11.0. The molecule has 0 saturated carbocycles. The highest BCUT2D eigenvalue weighted by molar-refractivity contribution is 5.71. The van der Waals surface area contributed by atoms with Crippen molar-refractivity contribution in [2.45, 2.75) is 19.8 Å². The molecule has 102 valence electrons. The second-order valence-corrected chi connectivity index (χ2v) is 4.71. The number of nitrogen functional groups attached to an aromatic ring is 1. The van der Waals surface area contributed by atoms with Crippen molar-refractivity contribution in [2.24, 2.45) is 7.05 Å². The molecular formula is C13H16F2N4. The van der Waals surface area contributed by atoms with Crippen LogP contribution in [0.2, 0.25) is 0 Å². The van der Waals surface area contributed by atoms with Gasteiger partial charge in [0.1, 0.15) is 11.6 Å². The highest BCUT2D eigenvalue weighted by Gasteiger charge is 2.16. The average molecular weight is 266 g/mol. The van der Waals surface area contributed by atoms with Crippen LogP contribution in [0.1, 0.15) is 25.5 Å². The molecule has 2 rings (SSSR count). The van der Waals surface area contributed by atoms with E-state index in [2.05, 4.69) is 10.4 Å². The predicted molar refractivity (Wildman–Crippen MR) is 71.4 cm³/mol. The van der Waals surface area contributed by atoms with Crippen LogP contribution in [0.25, 0.3) is 0 Å². The highest BCUT2D eigenvalue weighted by Crippen LogP contribution is 2.30. The summed E-state index contributed by atoms with van der Waals surface area (Å²) in [5.41, 5.74) is 7.53. The van der Waals surface area contributed by atoms with Gasteiger partial charge in [0.25, 0.3) is 0 Å². The molecule has 2 aromatic rings. The lowest BCUT2D eigenvalue weighted by atomic mass is 10.1. The maximum atomic E-state index is 13.1. The summed E-state index contributed by atoms with van der Waals surface area (Å²) in [5, 5.41) is 7.19. The third kappa shape index (κ3) is 2.67. The number of aromatic nitrogens is 2. The highest BCUT2D eigenvalue weighted by atomic mass is 19.1. The second kappa shape index (κ2) is 4.87. The van der Waals surface area contributed by atoms with E-state index < -0.39 is 11.6 Å². The first-order valence-electron chi connectivity index (χ1n) is 5.94. The number of nitrogens with one attached hydrogen (secondary N) is 1. The molecule has 0 spiro atoms. The molecule has 0 aliphatic rings. The van der Waals surface area contributed by atoms with Crippen LogP contribution < -0.4 is 11.1 Å². The molecule has 0 unspecified atom stereocenters. The topological polar surface area (TPSA) is 55.9 Å². The molecule has 1 heterocycles. The van der Waals surface area contributed by atoms with E-state index in [9.17, 15) is 8.78 Å². The third-order valence-electron chi connectivity index (χ3n) is 2.78. The van der Waals surface area contributed by atoms with E-state index in [1.165, 1.54) is 12.1 Å². The minimum atomic E-state index is -0.646. The Kier molecular flexibility index (Phi) is 3.42. The number of rotatable bonds is 3. The van der Waals surface area contributed by atoms with Crippen molar-refractivity contribution in [1.29, 1.82) is 0 Å². The molecule has 0 fully saturated rings. The summed E-state index contributed by atoms with van der Waals surface area (Å²) in [7, 11) is 1.72. The van der Waals surface area contributed by atoms with E-state index in [1.807, 2.05) is 13.8 Å². The van der Waals surface area contributed by atoms with E-state index in [1.54, 1.807) is 11.7 Å². The predicted octanol–water partition coefficient (Wildman–Crippen LogP) is 3.15. The largest absolute Gasteiger partial charge is 0.394 e. The Bertz CT molecular complexity index is 585. The average Bonchev–Trinajstić information content (AvgIpc) is 2.56. The number of hydrogen-bond donors (Lipinski definition) is 2. The Hall–Kier alpha value is -2.11. The van der Waals surface area contributed by atoms with E-state index in [0.717, 1.165) is 11.8 Å². The first kappa shape index (κ1) is 13.3. The zero-order valence-electron chi connectivity index (χ0n) is 11.0. The quantitative estimate of drug-likeness (QED) is 0.897. The van der Waals surface area contributed by atoms with Gasteiger partial charge in [-0.15, -0.1) is 0 Å². The van der Waals surface area contributed by atoms with E-state index >= 15 is 0 Å². The van der Waals surface area contributed by atoms with Gasteiger partial charge in [-0.3, -0.25) is 4.68 Å². The number of hydrogen-bond acceptors (Lipinski definition) is 3. The summed E-state index contributed by atoms with van der Waals surface area (Å²) < 4.78 is 27.8. The van der Waals surface area contributed by atoms with Crippen LogP contribution in [0.3, 0.4) is 0 Å². The Labute approximate surface area is 110 Å². The number of aryl methyl sites for hydroxylation is 1. The monoisotopic (exact) mass is 266 g/mol. The molecule has 0 amide bonds. The fourth-order valence-corrected chi connectivity index (χ4v) is 1.90. The van der Waals surface area contributed by atoms with Gasteiger partial charge in [-0.25, -0.2) is 8.78 Å². The summed E-state index contributed by atoms with van der Waals surface area (Å²) in [6.45, 7) is 3.95. The van der Waals surface area contributed by atoms with Crippen LogP contribution in [0.4, 0.5) is 26.0 Å². The zero-order chi connectivity index (χ0) is 14.2. The van der Waals surface area contributed by atoms with Crippen molar-refractivity contribution in [3.8, 4) is 0 Å². The van der Waals surface area contributed by atoms with Crippen LogP contribution in [0.15, 0.2) is 18.2 Å². The molecule has 0 atom stereocenters. The Balaban J connectivity index is 2.38. The van der Waals surface area contributed by atoms with Crippen LogP contribution >= 0.6 is 0 Å². The van der Waals surface area contributed by atoms with Gasteiger partial charge in [0, 0.05) is 18.8 Å². The van der Waals surface area contributed by atoms with Gasteiger partial charge >= 0.3 is 0 Å². The first-order valence-corrected chi connectivity index (χ1v) is 5.94. The van der Waals surface area contributed by atoms with Crippen molar-refractivity contribution in [3.63, 3.8) is 0 Å². The van der Waals surface area contributed by atoms with E-state index in [4.69, 9.17) is 5.73 Å². The fraction of sp³-hybridized carbons (Fsp3) is 0.308. The lowest BCUT2D eigenvalue weighted by Gasteiger charge is -2.08. The molecule has 3 N–H and O–H groups in total. The normalized spacial score (nSPS) is 11.1. The van der Waals surface area contributed by atoms with E-state index in [-0.39, 0.29) is 5.92 Å². The molecule has 0 saturated heterocycles. The molecule has 19 heavy (non-hydrogen) atoms. The third-order valence-corrected chi connectivity index (χ3v) is 2.78. The number of anilines is 3. The van der Waals surface area contributed by atoms with Gasteiger partial charge < -0.3 is 11.1 Å². The molecule has 0 radical (unpaired) electrons. The molecule has 6 heteroatoms. The van der Waals surface area contributed by atoms with Crippen LogP contribution in [-0.4, -0.2) is 9.78 Å². The maximum absolute atomic E-state index is 13.1. The van der Waals surface area contributed by atoms with Gasteiger partial charge in [0.05, 0.1) is 11.4 Å². The van der Waals surface area contributed by atoms with Crippen molar-refractivity contribution in [3.05, 3.63) is 35.5 Å². The maximum Gasteiger partial charge on any atom is 0.152 e. The Morgan fingerprint density at radius 2 is 1.79 bits per heavy atom. The van der Waals surface area contributed by atoms with Crippen LogP contribution in [-0.2, 0) is 7.05 Å². The summed E-state index contributed by atoms with van der Waals surface area (Å²) in [6.07, 6.45) is 0. The lowest BCUT2D eigenvalue weighted by Crippen LogP contribution is -2.02. The van der Waals surface area contributed by atoms with Crippen molar-refractivity contribution >= 4 is 17.2 Å². The van der Waals surface area contributed by atoms with Crippen molar-refractivity contribution in [1.82, 2.24) is 9.78 Å². The smallest absolute Gasteiger partial charge is 0.152 e. The van der Waals surface area contributed by atoms with Crippen LogP contribution in [0, 0.1) is 11.6 Å². The fourth-order valence-electron chi connectivity index (χ4n) is 1.90. The Morgan fingerprint density at radius 3 is 2.26 bits per heavy atom. The minimum absolute atomic E-state index is 0.172. The Morgan fingerprint density at radius 1 is 1.21 bits per heavy atom. The van der Waals surface area contributed by atoms with Gasteiger partial charge in [-0.2, -0.15) is 5.10 Å². The standard InChI is InChI=1S/C13H16F2N4/c1-7(2)12-11(16)13(19(3)18-12)17-10-5-8(14)4-9(15)6-10/h4-7,17H,16H2,1-3H3. The number of nitrogens with two attached hydrogens (primary N) is 1. The van der Waals surface area contributed by atoms with Gasteiger partial charge in [-0.1, -0.05) is 13.8 Å². The lowest BCUT2D eigenvalue weighted by molar-refractivity contribution is 0.584. The van der Waals surface area contributed by atoms with Gasteiger partial charge in [0.2, 0.25) is 0 Å². The van der Waals surface area contributed by atoms with Gasteiger partial charge in [0.15, 0.2) is 5.82 Å². The summed E-state index contributed by atoms with van der Waals surface area (Å²) in [5.74, 6) is -0.598. The summed E-state index contributed by atoms with van der Waals surface area (Å²) in [4.78, 5) is 0. The number of benzene rings is 1. The van der Waals surface area contributed by atoms with E-state index in [0.29, 0.717) is 17.2 Å². The number of halogens is 2. The molecule has 0 aliphatic carbocycles. The van der Waals surface area contributed by atoms with Gasteiger partial charge in [-0.05, 0) is 18.1 Å². The van der Waals surface area contributed by atoms with Crippen molar-refractivity contribution in [2.75, 3.05) is 11.1 Å². The molecular weight excluding hydrogens is 250 g/mol.